The molecule has 0 amide bonds. The van der Waals surface area contributed by atoms with Gasteiger partial charge in [0.1, 0.15) is 0 Å². The summed E-state index contributed by atoms with van der Waals surface area (Å²) >= 11 is 7.27. The van der Waals surface area contributed by atoms with Gasteiger partial charge < -0.3 is 0 Å². The first-order valence-corrected chi connectivity index (χ1v) is 9.58. The van der Waals surface area contributed by atoms with Crippen LogP contribution in [-0.4, -0.2) is 49.8 Å². The maximum absolute atomic E-state index is 12.7. The summed E-state index contributed by atoms with van der Waals surface area (Å²) in [6.07, 6.45) is 0. The number of alkyl halides is 1. The van der Waals surface area contributed by atoms with Gasteiger partial charge in [-0.3, -0.25) is 4.90 Å². The Bertz CT molecular complexity index is 571. The number of halogens is 1. The van der Waals surface area contributed by atoms with Gasteiger partial charge in [0.2, 0.25) is 10.0 Å². The van der Waals surface area contributed by atoms with E-state index in [1.807, 2.05) is 6.92 Å². The van der Waals surface area contributed by atoms with Crippen LogP contribution in [0, 0.1) is 6.92 Å². The number of piperazine rings is 1. The highest BCUT2D eigenvalue weighted by molar-refractivity contribution is 7.89. The Labute approximate surface area is 130 Å². The van der Waals surface area contributed by atoms with Crippen LogP contribution in [0.2, 0.25) is 0 Å². The highest BCUT2D eigenvalue weighted by Crippen LogP contribution is 2.30. The third-order valence-electron chi connectivity index (χ3n) is 3.81. The van der Waals surface area contributed by atoms with Crippen molar-refractivity contribution >= 4 is 33.0 Å². The average Bonchev–Trinajstić information content (AvgIpc) is 2.80. The fourth-order valence-electron chi connectivity index (χ4n) is 2.64. The van der Waals surface area contributed by atoms with Crippen molar-refractivity contribution in [2.75, 3.05) is 26.2 Å². The fourth-order valence-corrected chi connectivity index (χ4v) is 5.84. The van der Waals surface area contributed by atoms with Crippen LogP contribution in [0.1, 0.15) is 23.6 Å². The van der Waals surface area contributed by atoms with E-state index in [-0.39, 0.29) is 6.04 Å². The highest BCUT2D eigenvalue weighted by Gasteiger charge is 2.33. The third kappa shape index (κ3) is 3.04. The molecular formula is C13H21ClN2O2S2. The van der Waals surface area contributed by atoms with Crippen LogP contribution >= 0.6 is 22.9 Å². The molecule has 2 rings (SSSR count). The zero-order valence-corrected chi connectivity index (χ0v) is 14.5. The van der Waals surface area contributed by atoms with Crippen molar-refractivity contribution in [3.8, 4) is 0 Å². The average molecular weight is 337 g/mol. The number of thiophene rings is 1. The molecule has 0 radical (unpaired) electrons. The van der Waals surface area contributed by atoms with Crippen molar-refractivity contribution in [3.05, 3.63) is 15.8 Å². The molecule has 7 heteroatoms. The summed E-state index contributed by atoms with van der Waals surface area (Å²) in [5.74, 6) is 0.362. The van der Waals surface area contributed by atoms with E-state index in [1.165, 1.54) is 11.3 Å². The number of likely N-dealkylation sites (N-methyl/N-ethyl adjacent to an activating group) is 1. The number of aryl methyl sites for hydroxylation is 1. The summed E-state index contributed by atoms with van der Waals surface area (Å²) in [7, 11) is -3.39. The van der Waals surface area contributed by atoms with Gasteiger partial charge in [-0.1, -0.05) is 6.92 Å². The predicted octanol–water partition coefficient (Wildman–Crippen LogP) is 2.51. The molecule has 1 atom stereocenters. The molecule has 1 unspecified atom stereocenters. The standard InChI is InChI=1S/C13H21ClN2O2S2/c1-4-15-5-6-16(9-10(15)2)20(17,18)13-7-12(8-14)19-11(13)3/h7,10H,4-6,8-9H2,1-3H3. The maximum atomic E-state index is 12.7. The molecule has 1 saturated heterocycles. The van der Waals surface area contributed by atoms with Crippen molar-refractivity contribution in [3.63, 3.8) is 0 Å². The summed E-state index contributed by atoms with van der Waals surface area (Å²) < 4.78 is 27.1. The number of hydrogen-bond donors (Lipinski definition) is 0. The Morgan fingerprint density at radius 1 is 1.45 bits per heavy atom. The Balaban J connectivity index is 2.25. The number of nitrogens with zero attached hydrogens (tertiary/aromatic N) is 2. The lowest BCUT2D eigenvalue weighted by Gasteiger charge is -2.38. The molecule has 114 valence electrons. The van der Waals surface area contributed by atoms with E-state index in [2.05, 4.69) is 18.7 Å². The van der Waals surface area contributed by atoms with Crippen LogP contribution in [0.3, 0.4) is 0 Å². The lowest BCUT2D eigenvalue weighted by atomic mass is 10.2. The monoisotopic (exact) mass is 336 g/mol. The predicted molar refractivity (Wildman–Crippen MR) is 84.1 cm³/mol. The van der Waals surface area contributed by atoms with Crippen LogP contribution in [0.25, 0.3) is 0 Å². The Morgan fingerprint density at radius 3 is 2.65 bits per heavy atom. The van der Waals surface area contributed by atoms with Crippen LogP contribution in [-0.2, 0) is 15.9 Å². The van der Waals surface area contributed by atoms with E-state index >= 15 is 0 Å². The van der Waals surface area contributed by atoms with Gasteiger partial charge in [-0.15, -0.1) is 22.9 Å². The number of hydrogen-bond acceptors (Lipinski definition) is 4. The second kappa shape index (κ2) is 6.32. The zero-order chi connectivity index (χ0) is 14.9. The van der Waals surface area contributed by atoms with Crippen LogP contribution in [0.5, 0.6) is 0 Å². The zero-order valence-electron chi connectivity index (χ0n) is 12.1. The van der Waals surface area contributed by atoms with E-state index < -0.39 is 10.0 Å². The second-order valence-corrected chi connectivity index (χ2v) is 8.62. The fraction of sp³-hybridized carbons (Fsp3) is 0.692. The first-order valence-electron chi connectivity index (χ1n) is 6.79. The lowest BCUT2D eigenvalue weighted by Crippen LogP contribution is -2.53. The minimum Gasteiger partial charge on any atom is -0.298 e. The number of sulfonamides is 1. The normalized spacial score (nSPS) is 22.3. The first-order chi connectivity index (χ1) is 9.40. The molecule has 1 fully saturated rings. The highest BCUT2D eigenvalue weighted by atomic mass is 35.5. The molecule has 1 aromatic heterocycles. The molecule has 0 bridgehead atoms. The van der Waals surface area contributed by atoms with E-state index in [9.17, 15) is 8.42 Å². The van der Waals surface area contributed by atoms with Crippen molar-refractivity contribution in [2.45, 2.75) is 37.6 Å². The van der Waals surface area contributed by atoms with E-state index in [1.54, 1.807) is 10.4 Å². The summed E-state index contributed by atoms with van der Waals surface area (Å²) in [6, 6.07) is 1.98. The van der Waals surface area contributed by atoms with Crippen LogP contribution in [0.4, 0.5) is 0 Å². The molecule has 1 aliphatic rings. The van der Waals surface area contributed by atoms with E-state index in [0.717, 1.165) is 22.8 Å². The van der Waals surface area contributed by atoms with Gasteiger partial charge in [-0.25, -0.2) is 8.42 Å². The molecule has 0 saturated carbocycles. The Hall–Kier alpha value is -0.140. The Morgan fingerprint density at radius 2 is 2.15 bits per heavy atom. The van der Waals surface area contributed by atoms with Crippen LogP contribution in [0.15, 0.2) is 11.0 Å². The second-order valence-electron chi connectivity index (χ2n) is 5.11. The van der Waals surface area contributed by atoms with Gasteiger partial charge in [0.25, 0.3) is 0 Å². The van der Waals surface area contributed by atoms with E-state index in [4.69, 9.17) is 11.6 Å². The molecule has 0 spiro atoms. The SMILES string of the molecule is CCN1CCN(S(=O)(=O)c2cc(CCl)sc2C)CC1C. The molecule has 0 N–H and O–H groups in total. The van der Waals surface area contributed by atoms with Gasteiger partial charge in [-0.05, 0) is 26.5 Å². The quantitative estimate of drug-likeness (QED) is 0.793. The third-order valence-corrected chi connectivity index (χ3v) is 7.42. The molecule has 20 heavy (non-hydrogen) atoms. The van der Waals surface area contributed by atoms with Gasteiger partial charge >= 0.3 is 0 Å². The molecule has 1 aliphatic heterocycles. The Kier molecular flexibility index (Phi) is 5.13. The molecule has 0 aromatic carbocycles. The summed E-state index contributed by atoms with van der Waals surface area (Å²) in [5, 5.41) is 0. The lowest BCUT2D eigenvalue weighted by molar-refractivity contribution is 0.135. The van der Waals surface area contributed by atoms with Crippen molar-refractivity contribution in [1.29, 1.82) is 0 Å². The first kappa shape index (κ1) is 16.2. The largest absolute Gasteiger partial charge is 0.298 e. The van der Waals surface area contributed by atoms with E-state index in [0.29, 0.717) is 23.9 Å². The van der Waals surface area contributed by atoms with Gasteiger partial charge in [-0.2, -0.15) is 4.31 Å². The summed E-state index contributed by atoms with van der Waals surface area (Å²) in [4.78, 5) is 4.46. The molecular weight excluding hydrogens is 316 g/mol. The molecule has 4 nitrogen and oxygen atoms in total. The maximum Gasteiger partial charge on any atom is 0.244 e. The number of rotatable bonds is 4. The molecule has 0 aliphatic carbocycles. The minimum atomic E-state index is -3.39. The molecule has 2 heterocycles. The smallest absolute Gasteiger partial charge is 0.244 e. The van der Waals surface area contributed by atoms with Crippen molar-refractivity contribution in [1.82, 2.24) is 9.21 Å². The van der Waals surface area contributed by atoms with Gasteiger partial charge in [0.05, 0.1) is 10.8 Å². The van der Waals surface area contributed by atoms with Crippen molar-refractivity contribution in [2.24, 2.45) is 0 Å². The van der Waals surface area contributed by atoms with Gasteiger partial charge in [0.15, 0.2) is 0 Å². The minimum absolute atomic E-state index is 0.259. The summed E-state index contributed by atoms with van der Waals surface area (Å²) in [5.41, 5.74) is 0. The van der Waals surface area contributed by atoms with Crippen LogP contribution < -0.4 is 0 Å². The summed E-state index contributed by atoms with van der Waals surface area (Å²) in [6.45, 7) is 8.91. The van der Waals surface area contributed by atoms with Crippen molar-refractivity contribution < 1.29 is 8.42 Å². The molecule has 1 aromatic rings. The van der Waals surface area contributed by atoms with Gasteiger partial charge in [0, 0.05) is 35.4 Å². The topological polar surface area (TPSA) is 40.6 Å².